The smallest absolute Gasteiger partial charge is 0.165 e. The predicted octanol–water partition coefficient (Wildman–Crippen LogP) is 6.77. The van der Waals surface area contributed by atoms with Crippen LogP contribution in [0.2, 0.25) is 0 Å². The van der Waals surface area contributed by atoms with E-state index in [2.05, 4.69) is 6.92 Å². The fourth-order valence-corrected chi connectivity index (χ4v) is 4.15. The second-order valence-corrected chi connectivity index (χ2v) is 7.51. The molecular formula is C21H33FO. The first-order valence-electron chi connectivity index (χ1n) is 9.63. The van der Waals surface area contributed by atoms with Gasteiger partial charge in [-0.25, -0.2) is 4.39 Å². The maximum Gasteiger partial charge on any atom is 0.165 e. The summed E-state index contributed by atoms with van der Waals surface area (Å²) in [6, 6.07) is 4.87. The third kappa shape index (κ3) is 5.82. The molecule has 1 aromatic carbocycles. The summed E-state index contributed by atoms with van der Waals surface area (Å²) in [6.45, 7) is 2.26. The molecule has 1 N–H and O–H groups in total. The van der Waals surface area contributed by atoms with E-state index in [-0.39, 0.29) is 5.75 Å². The van der Waals surface area contributed by atoms with Crippen LogP contribution in [-0.4, -0.2) is 5.11 Å². The van der Waals surface area contributed by atoms with Crippen LogP contribution in [0.3, 0.4) is 0 Å². The summed E-state index contributed by atoms with van der Waals surface area (Å²) in [5.41, 5.74) is 1.51. The molecule has 1 fully saturated rings. The Labute approximate surface area is 141 Å². The van der Waals surface area contributed by atoms with Gasteiger partial charge in [0.2, 0.25) is 0 Å². The molecule has 130 valence electrons. The largest absolute Gasteiger partial charge is 0.505 e. The van der Waals surface area contributed by atoms with Gasteiger partial charge in [0.1, 0.15) is 0 Å². The molecule has 2 heteroatoms. The molecule has 0 amide bonds. The number of phenolic OH excluding ortho intramolecular Hbond substituents is 1. The molecule has 0 bridgehead atoms. The van der Waals surface area contributed by atoms with Crippen LogP contribution in [0.5, 0.6) is 5.75 Å². The van der Waals surface area contributed by atoms with E-state index < -0.39 is 5.82 Å². The second-order valence-electron chi connectivity index (χ2n) is 7.51. The van der Waals surface area contributed by atoms with Crippen LogP contribution < -0.4 is 0 Å². The van der Waals surface area contributed by atoms with Crippen molar-refractivity contribution in [3.05, 3.63) is 29.6 Å². The Morgan fingerprint density at radius 1 is 1.00 bits per heavy atom. The number of rotatable bonds is 9. The Kier molecular flexibility index (Phi) is 7.39. The lowest BCUT2D eigenvalue weighted by atomic mass is 9.68. The van der Waals surface area contributed by atoms with E-state index in [9.17, 15) is 9.50 Å². The van der Waals surface area contributed by atoms with Crippen molar-refractivity contribution in [2.24, 2.45) is 5.41 Å². The summed E-state index contributed by atoms with van der Waals surface area (Å²) >= 11 is 0. The van der Waals surface area contributed by atoms with Crippen molar-refractivity contribution >= 4 is 0 Å². The fourth-order valence-electron chi connectivity index (χ4n) is 4.15. The van der Waals surface area contributed by atoms with Crippen LogP contribution in [0, 0.1) is 11.2 Å². The number of phenols is 1. The lowest BCUT2D eigenvalue weighted by Gasteiger charge is -2.38. The lowest BCUT2D eigenvalue weighted by molar-refractivity contribution is 0.152. The molecule has 0 heterocycles. The van der Waals surface area contributed by atoms with E-state index in [1.54, 1.807) is 0 Å². The summed E-state index contributed by atoms with van der Waals surface area (Å²) < 4.78 is 13.5. The highest BCUT2D eigenvalue weighted by molar-refractivity contribution is 5.28. The average Bonchev–Trinajstić information content (AvgIpc) is 2.57. The van der Waals surface area contributed by atoms with Crippen molar-refractivity contribution in [1.82, 2.24) is 0 Å². The van der Waals surface area contributed by atoms with Crippen molar-refractivity contribution in [3.63, 3.8) is 0 Å². The number of unbranched alkanes of at least 4 members (excludes halogenated alkanes) is 4. The zero-order valence-electron chi connectivity index (χ0n) is 14.7. The van der Waals surface area contributed by atoms with E-state index in [4.69, 9.17) is 0 Å². The van der Waals surface area contributed by atoms with Gasteiger partial charge in [0.25, 0.3) is 0 Å². The highest BCUT2D eigenvalue weighted by Gasteiger charge is 2.30. The second kappa shape index (κ2) is 9.30. The van der Waals surface area contributed by atoms with Crippen LogP contribution in [0.4, 0.5) is 4.39 Å². The Bertz CT molecular complexity index is 463. The molecule has 0 aromatic heterocycles. The van der Waals surface area contributed by atoms with Gasteiger partial charge in [-0.05, 0) is 55.2 Å². The van der Waals surface area contributed by atoms with Crippen molar-refractivity contribution in [3.8, 4) is 5.75 Å². The fraction of sp³-hybridized carbons (Fsp3) is 0.714. The van der Waals surface area contributed by atoms with Gasteiger partial charge < -0.3 is 5.11 Å². The molecule has 0 spiro atoms. The Morgan fingerprint density at radius 2 is 1.74 bits per heavy atom. The van der Waals surface area contributed by atoms with Crippen molar-refractivity contribution < 1.29 is 9.50 Å². The number of halogens is 1. The summed E-state index contributed by atoms with van der Waals surface area (Å²) in [6.07, 6.45) is 17.0. The van der Waals surface area contributed by atoms with E-state index in [1.165, 1.54) is 89.2 Å². The quantitative estimate of drug-likeness (QED) is 0.497. The Balaban J connectivity index is 1.88. The minimum Gasteiger partial charge on any atom is -0.505 e. The molecule has 1 aliphatic carbocycles. The minimum atomic E-state index is -0.486. The monoisotopic (exact) mass is 320 g/mol. The number of aryl methyl sites for hydroxylation is 1. The van der Waals surface area contributed by atoms with Crippen LogP contribution in [0.1, 0.15) is 89.5 Å². The van der Waals surface area contributed by atoms with Gasteiger partial charge in [-0.2, -0.15) is 0 Å². The molecule has 1 nitrogen and oxygen atoms in total. The normalized spacial score (nSPS) is 17.3. The summed E-state index contributed by atoms with van der Waals surface area (Å²) in [7, 11) is 0. The van der Waals surface area contributed by atoms with Gasteiger partial charge in [0.15, 0.2) is 11.6 Å². The van der Waals surface area contributed by atoms with E-state index in [0.29, 0.717) is 5.41 Å². The van der Waals surface area contributed by atoms with Gasteiger partial charge in [0, 0.05) is 0 Å². The topological polar surface area (TPSA) is 20.2 Å². The first kappa shape index (κ1) is 18.3. The third-order valence-electron chi connectivity index (χ3n) is 5.68. The van der Waals surface area contributed by atoms with Crippen molar-refractivity contribution in [1.29, 1.82) is 0 Å². The maximum absolute atomic E-state index is 13.5. The number of aromatic hydroxyl groups is 1. The van der Waals surface area contributed by atoms with Crippen molar-refractivity contribution in [2.45, 2.75) is 90.4 Å². The maximum atomic E-state index is 13.5. The van der Waals surface area contributed by atoms with E-state index >= 15 is 0 Å². The first-order valence-corrected chi connectivity index (χ1v) is 9.63. The van der Waals surface area contributed by atoms with E-state index in [1.807, 2.05) is 6.07 Å². The van der Waals surface area contributed by atoms with Gasteiger partial charge in [-0.3, -0.25) is 0 Å². The number of hydrogen-bond donors (Lipinski definition) is 1. The SMILES string of the molecule is CCCCCCCC1(CCc2ccc(O)c(F)c2)CCCCC1. The first-order chi connectivity index (χ1) is 11.2. The summed E-state index contributed by atoms with van der Waals surface area (Å²) in [5, 5.41) is 9.32. The van der Waals surface area contributed by atoms with Gasteiger partial charge in [0.05, 0.1) is 0 Å². The molecule has 0 radical (unpaired) electrons. The van der Waals surface area contributed by atoms with Crippen molar-refractivity contribution in [2.75, 3.05) is 0 Å². The highest BCUT2D eigenvalue weighted by atomic mass is 19.1. The standard InChI is InChI=1S/C21H33FO/c1-2-3-4-5-7-13-21(14-8-6-9-15-21)16-12-18-10-11-20(23)19(22)17-18/h10-11,17,23H,2-9,12-16H2,1H3. The molecular weight excluding hydrogens is 287 g/mol. The average molecular weight is 320 g/mol. The Morgan fingerprint density at radius 3 is 2.43 bits per heavy atom. The van der Waals surface area contributed by atoms with Gasteiger partial charge in [-0.1, -0.05) is 64.4 Å². The number of hydrogen-bond acceptors (Lipinski definition) is 1. The van der Waals surface area contributed by atoms with E-state index in [0.717, 1.165) is 12.0 Å². The molecule has 0 unspecified atom stereocenters. The Hall–Kier alpha value is -1.05. The molecule has 1 saturated carbocycles. The third-order valence-corrected chi connectivity index (χ3v) is 5.68. The molecule has 0 aliphatic heterocycles. The highest BCUT2D eigenvalue weighted by Crippen LogP contribution is 2.44. The van der Waals surface area contributed by atoms with Crippen LogP contribution >= 0.6 is 0 Å². The minimum absolute atomic E-state index is 0.239. The predicted molar refractivity (Wildman–Crippen MR) is 95.3 cm³/mol. The zero-order chi connectivity index (χ0) is 16.5. The van der Waals surface area contributed by atoms with Gasteiger partial charge in [-0.15, -0.1) is 0 Å². The number of benzene rings is 1. The molecule has 1 aromatic rings. The molecule has 0 atom stereocenters. The summed E-state index contributed by atoms with van der Waals surface area (Å²) in [4.78, 5) is 0. The zero-order valence-corrected chi connectivity index (χ0v) is 14.7. The van der Waals surface area contributed by atoms with Gasteiger partial charge >= 0.3 is 0 Å². The lowest BCUT2D eigenvalue weighted by Crippen LogP contribution is -2.25. The van der Waals surface area contributed by atoms with Crippen LogP contribution in [0.15, 0.2) is 18.2 Å². The molecule has 0 saturated heterocycles. The molecule has 23 heavy (non-hydrogen) atoms. The summed E-state index contributed by atoms with van der Waals surface area (Å²) in [5.74, 6) is -0.725. The molecule has 1 aliphatic rings. The molecule has 2 rings (SSSR count). The van der Waals surface area contributed by atoms with Crippen LogP contribution in [0.25, 0.3) is 0 Å². The van der Waals surface area contributed by atoms with Crippen LogP contribution in [-0.2, 0) is 6.42 Å².